The van der Waals surface area contributed by atoms with Gasteiger partial charge in [-0.3, -0.25) is 9.59 Å². The van der Waals surface area contributed by atoms with E-state index in [1.165, 1.54) is 0 Å². The number of hydrogen-bond acceptors (Lipinski definition) is 2. The molecule has 0 saturated heterocycles. The van der Waals surface area contributed by atoms with Gasteiger partial charge in [-0.1, -0.05) is 35.9 Å². The van der Waals surface area contributed by atoms with Crippen LogP contribution in [0.2, 0.25) is 5.02 Å². The van der Waals surface area contributed by atoms with Crippen molar-refractivity contribution in [1.82, 2.24) is 4.90 Å². The maximum absolute atomic E-state index is 12.2. The first kappa shape index (κ1) is 14.6. The summed E-state index contributed by atoms with van der Waals surface area (Å²) >= 11 is 5.94. The van der Waals surface area contributed by atoms with Crippen molar-refractivity contribution in [2.75, 3.05) is 11.9 Å². The Morgan fingerprint density at radius 1 is 1.27 bits per heavy atom. The van der Waals surface area contributed by atoms with E-state index in [-0.39, 0.29) is 18.4 Å². The molecule has 3 rings (SSSR count). The molecule has 2 aromatic carbocycles. The molecule has 1 N–H and O–H groups in total. The molecule has 1 aliphatic rings. The Bertz CT molecular complexity index is 758. The highest BCUT2D eigenvalue weighted by molar-refractivity contribution is 6.31. The maximum atomic E-state index is 12.2. The van der Waals surface area contributed by atoms with E-state index in [0.29, 0.717) is 22.8 Å². The lowest BCUT2D eigenvalue weighted by atomic mass is 10.1. The Morgan fingerprint density at radius 2 is 2.05 bits per heavy atom. The maximum Gasteiger partial charge on any atom is 0.254 e. The van der Waals surface area contributed by atoms with Crippen LogP contribution in [-0.4, -0.2) is 23.3 Å². The number of benzene rings is 2. The van der Waals surface area contributed by atoms with Gasteiger partial charge in [-0.15, -0.1) is 0 Å². The van der Waals surface area contributed by atoms with Gasteiger partial charge in [0.15, 0.2) is 0 Å². The van der Waals surface area contributed by atoms with Gasteiger partial charge in [-0.05, 0) is 36.2 Å². The number of nitrogens with one attached hydrogen (secondary N) is 1. The van der Waals surface area contributed by atoms with Crippen molar-refractivity contribution in [1.29, 1.82) is 0 Å². The minimum absolute atomic E-state index is 0.0272. The summed E-state index contributed by atoms with van der Waals surface area (Å²) in [5.74, 6) is -0.333. The number of halogens is 1. The van der Waals surface area contributed by atoms with Crippen LogP contribution in [0.25, 0.3) is 0 Å². The zero-order valence-electron chi connectivity index (χ0n) is 12.1. The molecule has 0 spiro atoms. The van der Waals surface area contributed by atoms with Gasteiger partial charge in [0.25, 0.3) is 5.91 Å². The van der Waals surface area contributed by atoms with Crippen LogP contribution in [0.3, 0.4) is 0 Å². The summed E-state index contributed by atoms with van der Waals surface area (Å²) in [7, 11) is 0. The summed E-state index contributed by atoms with van der Waals surface area (Å²) in [4.78, 5) is 26.0. The number of carbonyl (C=O) groups excluding carboxylic acids is 2. The van der Waals surface area contributed by atoms with Gasteiger partial charge in [0.2, 0.25) is 5.91 Å². The zero-order chi connectivity index (χ0) is 15.7. The van der Waals surface area contributed by atoms with Crippen molar-refractivity contribution in [3.8, 4) is 0 Å². The molecule has 22 heavy (non-hydrogen) atoms. The summed E-state index contributed by atoms with van der Waals surface area (Å²) in [6.45, 7) is 2.39. The smallest absolute Gasteiger partial charge is 0.254 e. The van der Waals surface area contributed by atoms with E-state index in [1.54, 1.807) is 23.1 Å². The molecule has 0 aliphatic carbocycles. The monoisotopic (exact) mass is 314 g/mol. The molecule has 0 atom stereocenters. The summed E-state index contributed by atoms with van der Waals surface area (Å²) in [6.07, 6.45) is 0. The van der Waals surface area contributed by atoms with Crippen molar-refractivity contribution in [2.24, 2.45) is 0 Å². The van der Waals surface area contributed by atoms with Gasteiger partial charge in [0, 0.05) is 22.8 Å². The third kappa shape index (κ3) is 2.83. The van der Waals surface area contributed by atoms with Crippen LogP contribution in [-0.2, 0) is 11.3 Å². The highest BCUT2D eigenvalue weighted by Gasteiger charge is 2.28. The Hall–Kier alpha value is -2.33. The van der Waals surface area contributed by atoms with Crippen molar-refractivity contribution in [3.05, 3.63) is 64.2 Å². The van der Waals surface area contributed by atoms with Crippen molar-refractivity contribution >= 4 is 29.1 Å². The van der Waals surface area contributed by atoms with Crippen LogP contribution in [0.5, 0.6) is 0 Å². The number of rotatable bonds is 3. The number of aryl methyl sites for hydroxylation is 1. The van der Waals surface area contributed by atoms with E-state index in [2.05, 4.69) is 5.32 Å². The predicted octanol–water partition coefficient (Wildman–Crippen LogP) is 3.24. The Balaban J connectivity index is 1.69. The fourth-order valence-corrected chi connectivity index (χ4v) is 2.71. The van der Waals surface area contributed by atoms with Crippen molar-refractivity contribution in [2.45, 2.75) is 13.5 Å². The Morgan fingerprint density at radius 3 is 2.82 bits per heavy atom. The number of hydrogen-bond donors (Lipinski definition) is 1. The molecule has 0 aromatic heterocycles. The predicted molar refractivity (Wildman–Crippen MR) is 86.0 cm³/mol. The topological polar surface area (TPSA) is 49.4 Å². The lowest BCUT2D eigenvalue weighted by molar-refractivity contribution is -0.116. The fourth-order valence-electron chi connectivity index (χ4n) is 2.53. The van der Waals surface area contributed by atoms with Crippen LogP contribution in [0, 0.1) is 6.92 Å². The van der Waals surface area contributed by atoms with Crippen LogP contribution in [0.15, 0.2) is 42.5 Å². The third-order valence-corrected chi connectivity index (χ3v) is 3.94. The molecule has 4 nitrogen and oxygen atoms in total. The molecule has 0 radical (unpaired) electrons. The van der Waals surface area contributed by atoms with Gasteiger partial charge in [-0.2, -0.15) is 0 Å². The van der Waals surface area contributed by atoms with Gasteiger partial charge < -0.3 is 10.2 Å². The molecule has 0 unspecified atom stereocenters. The van der Waals surface area contributed by atoms with E-state index in [9.17, 15) is 9.59 Å². The van der Waals surface area contributed by atoms with Crippen LogP contribution < -0.4 is 5.32 Å². The summed E-state index contributed by atoms with van der Waals surface area (Å²) in [6, 6.07) is 12.7. The first-order valence-electron chi connectivity index (χ1n) is 6.98. The molecule has 2 aromatic rings. The number of fused-ring (bicyclic) bond motifs is 1. The molecular formula is C17H15ClN2O2. The first-order valence-corrected chi connectivity index (χ1v) is 7.35. The minimum Gasteiger partial charge on any atom is -0.325 e. The highest BCUT2D eigenvalue weighted by Crippen LogP contribution is 2.23. The first-order chi connectivity index (χ1) is 10.5. The second-order valence-electron chi connectivity index (χ2n) is 5.33. The zero-order valence-corrected chi connectivity index (χ0v) is 12.9. The minimum atomic E-state index is -0.230. The number of anilines is 1. The SMILES string of the molecule is Cc1ccc(Cl)cc1NC(=O)CN1Cc2ccccc2C1=O. The van der Waals surface area contributed by atoms with E-state index in [1.807, 2.05) is 31.2 Å². The standard InChI is InChI=1S/C17H15ClN2O2/c1-11-6-7-13(18)8-15(11)19-16(21)10-20-9-12-4-2-3-5-14(12)17(20)22/h2-8H,9-10H2,1H3,(H,19,21). The molecule has 0 bridgehead atoms. The van der Waals surface area contributed by atoms with E-state index < -0.39 is 0 Å². The van der Waals surface area contributed by atoms with Gasteiger partial charge in [-0.25, -0.2) is 0 Å². The lowest BCUT2D eigenvalue weighted by Crippen LogP contribution is -2.33. The van der Waals surface area contributed by atoms with Crippen molar-refractivity contribution in [3.63, 3.8) is 0 Å². The second-order valence-corrected chi connectivity index (χ2v) is 5.76. The molecule has 1 heterocycles. The summed E-state index contributed by atoms with van der Waals surface area (Å²) in [5.41, 5.74) is 3.23. The number of carbonyl (C=O) groups is 2. The summed E-state index contributed by atoms with van der Waals surface area (Å²) < 4.78 is 0. The molecule has 112 valence electrons. The van der Waals surface area contributed by atoms with Crippen molar-refractivity contribution < 1.29 is 9.59 Å². The quantitative estimate of drug-likeness (QED) is 0.945. The Kier molecular flexibility index (Phi) is 3.86. The molecule has 0 fully saturated rings. The fraction of sp³-hybridized carbons (Fsp3) is 0.176. The van der Waals surface area contributed by atoms with Gasteiger partial charge in [0.1, 0.15) is 6.54 Å². The average Bonchev–Trinajstić information content (AvgIpc) is 2.80. The van der Waals surface area contributed by atoms with E-state index in [4.69, 9.17) is 11.6 Å². The van der Waals surface area contributed by atoms with E-state index in [0.717, 1.165) is 11.1 Å². The third-order valence-electron chi connectivity index (χ3n) is 3.70. The van der Waals surface area contributed by atoms with Gasteiger partial charge in [0.05, 0.1) is 0 Å². The summed E-state index contributed by atoms with van der Waals surface area (Å²) in [5, 5.41) is 3.37. The largest absolute Gasteiger partial charge is 0.325 e. The van der Waals surface area contributed by atoms with Gasteiger partial charge >= 0.3 is 0 Å². The van der Waals surface area contributed by atoms with Crippen LogP contribution in [0.1, 0.15) is 21.5 Å². The lowest BCUT2D eigenvalue weighted by Gasteiger charge is -2.16. The highest BCUT2D eigenvalue weighted by atomic mass is 35.5. The molecule has 0 saturated carbocycles. The van der Waals surface area contributed by atoms with Crippen LogP contribution >= 0.6 is 11.6 Å². The molecule has 1 aliphatic heterocycles. The average molecular weight is 315 g/mol. The van der Waals surface area contributed by atoms with Crippen LogP contribution in [0.4, 0.5) is 5.69 Å². The second kappa shape index (κ2) is 5.81. The van der Waals surface area contributed by atoms with E-state index >= 15 is 0 Å². The molecular weight excluding hydrogens is 300 g/mol. The Labute approximate surface area is 133 Å². The number of amides is 2. The normalized spacial score (nSPS) is 13.2. The molecule has 5 heteroatoms. The molecule has 2 amide bonds. The number of nitrogens with zero attached hydrogens (tertiary/aromatic N) is 1.